The summed E-state index contributed by atoms with van der Waals surface area (Å²) in [5.74, 6) is -0.0353. The number of primary amides is 1. The summed E-state index contributed by atoms with van der Waals surface area (Å²) in [7, 11) is 0. The SMILES string of the molecule is CC.CC.CCN1CCCC(C(N)=O)C1. The summed E-state index contributed by atoms with van der Waals surface area (Å²) in [6.07, 6.45) is 2.09. The first-order valence-electron chi connectivity index (χ1n) is 6.25. The molecule has 2 N–H and O–H groups in total. The van der Waals surface area contributed by atoms with Crippen molar-refractivity contribution in [2.75, 3.05) is 19.6 Å². The van der Waals surface area contributed by atoms with E-state index in [1.807, 2.05) is 27.7 Å². The molecule has 0 aromatic carbocycles. The monoisotopic (exact) mass is 216 g/mol. The first-order chi connectivity index (χ1) is 7.24. The topological polar surface area (TPSA) is 46.3 Å². The Morgan fingerprint density at radius 3 is 2.27 bits per heavy atom. The molecule has 1 atom stereocenters. The van der Waals surface area contributed by atoms with Gasteiger partial charge >= 0.3 is 0 Å². The lowest BCUT2D eigenvalue weighted by molar-refractivity contribution is -0.123. The molecule has 1 aliphatic heterocycles. The Morgan fingerprint density at radius 1 is 1.33 bits per heavy atom. The molecule has 0 spiro atoms. The van der Waals surface area contributed by atoms with Crippen LogP contribution in [0, 0.1) is 5.92 Å². The minimum Gasteiger partial charge on any atom is -0.369 e. The third-order valence-electron chi connectivity index (χ3n) is 2.36. The van der Waals surface area contributed by atoms with Gasteiger partial charge in [-0.1, -0.05) is 34.6 Å². The molecule has 1 heterocycles. The number of hydrogen-bond donors (Lipinski definition) is 1. The normalized spacial score (nSPS) is 20.5. The van der Waals surface area contributed by atoms with Gasteiger partial charge < -0.3 is 10.6 Å². The van der Waals surface area contributed by atoms with Gasteiger partial charge in [0.15, 0.2) is 0 Å². The molecule has 1 fully saturated rings. The number of nitrogens with zero attached hydrogens (tertiary/aromatic N) is 1. The van der Waals surface area contributed by atoms with E-state index in [0.717, 1.165) is 32.5 Å². The Hall–Kier alpha value is -0.570. The van der Waals surface area contributed by atoms with Crippen LogP contribution in [0.2, 0.25) is 0 Å². The van der Waals surface area contributed by atoms with E-state index in [1.165, 1.54) is 0 Å². The second kappa shape index (κ2) is 11.5. The molecular weight excluding hydrogens is 188 g/mol. The standard InChI is InChI=1S/C8H16N2O.2C2H6/c1-2-10-5-3-4-7(6-10)8(9)11;2*1-2/h7H,2-6H2,1H3,(H2,9,11);2*1-2H3. The zero-order valence-corrected chi connectivity index (χ0v) is 11.0. The Balaban J connectivity index is 0. The molecule has 0 aliphatic carbocycles. The fraction of sp³-hybridized carbons (Fsp3) is 0.917. The van der Waals surface area contributed by atoms with E-state index in [1.54, 1.807) is 0 Å². The first kappa shape index (κ1) is 16.8. The number of carbonyl (C=O) groups excluding carboxylic acids is 1. The highest BCUT2D eigenvalue weighted by molar-refractivity contribution is 5.76. The minimum atomic E-state index is -0.136. The molecule has 1 amide bonds. The average Bonchev–Trinajstić information content (AvgIpc) is 2.34. The van der Waals surface area contributed by atoms with Gasteiger partial charge in [-0.3, -0.25) is 4.79 Å². The fourth-order valence-electron chi connectivity index (χ4n) is 1.57. The van der Waals surface area contributed by atoms with Crippen molar-refractivity contribution in [2.45, 2.75) is 47.5 Å². The molecule has 92 valence electrons. The second-order valence-electron chi connectivity index (χ2n) is 3.13. The second-order valence-corrected chi connectivity index (χ2v) is 3.13. The Bertz CT molecular complexity index is 149. The minimum absolute atomic E-state index is 0.101. The lowest BCUT2D eigenvalue weighted by Crippen LogP contribution is -2.40. The van der Waals surface area contributed by atoms with Crippen LogP contribution in [-0.2, 0) is 4.79 Å². The van der Waals surface area contributed by atoms with Gasteiger partial charge in [0.1, 0.15) is 0 Å². The molecule has 0 aromatic heterocycles. The van der Waals surface area contributed by atoms with Gasteiger partial charge in [-0.25, -0.2) is 0 Å². The maximum atomic E-state index is 10.8. The summed E-state index contributed by atoms with van der Waals surface area (Å²) in [6.45, 7) is 13.1. The summed E-state index contributed by atoms with van der Waals surface area (Å²) in [5, 5.41) is 0. The van der Waals surface area contributed by atoms with E-state index in [2.05, 4.69) is 11.8 Å². The van der Waals surface area contributed by atoms with Crippen LogP contribution >= 0.6 is 0 Å². The predicted octanol–water partition coefficient (Wildman–Crippen LogP) is 2.26. The van der Waals surface area contributed by atoms with Crippen molar-refractivity contribution in [3.05, 3.63) is 0 Å². The highest BCUT2D eigenvalue weighted by atomic mass is 16.1. The zero-order valence-electron chi connectivity index (χ0n) is 11.0. The van der Waals surface area contributed by atoms with E-state index >= 15 is 0 Å². The molecule has 0 bridgehead atoms. The lowest BCUT2D eigenvalue weighted by atomic mass is 9.98. The fourth-order valence-corrected chi connectivity index (χ4v) is 1.57. The summed E-state index contributed by atoms with van der Waals surface area (Å²) < 4.78 is 0. The Kier molecular flexibility index (Phi) is 12.9. The van der Waals surface area contributed by atoms with Crippen molar-refractivity contribution in [3.63, 3.8) is 0 Å². The number of hydrogen-bond acceptors (Lipinski definition) is 2. The van der Waals surface area contributed by atoms with Crippen LogP contribution in [-0.4, -0.2) is 30.4 Å². The third kappa shape index (κ3) is 7.37. The van der Waals surface area contributed by atoms with Crippen molar-refractivity contribution in [1.29, 1.82) is 0 Å². The van der Waals surface area contributed by atoms with Crippen molar-refractivity contribution < 1.29 is 4.79 Å². The highest BCUT2D eigenvalue weighted by Gasteiger charge is 2.22. The van der Waals surface area contributed by atoms with Crippen molar-refractivity contribution in [3.8, 4) is 0 Å². The van der Waals surface area contributed by atoms with E-state index < -0.39 is 0 Å². The molecule has 1 aliphatic rings. The first-order valence-corrected chi connectivity index (χ1v) is 6.25. The van der Waals surface area contributed by atoms with Gasteiger partial charge in [-0.05, 0) is 25.9 Å². The van der Waals surface area contributed by atoms with Crippen LogP contribution in [0.15, 0.2) is 0 Å². The average molecular weight is 216 g/mol. The molecule has 0 saturated carbocycles. The van der Waals surface area contributed by atoms with Crippen molar-refractivity contribution >= 4 is 5.91 Å². The van der Waals surface area contributed by atoms with E-state index in [-0.39, 0.29) is 11.8 Å². The maximum Gasteiger partial charge on any atom is 0.221 e. The summed E-state index contributed by atoms with van der Waals surface area (Å²) >= 11 is 0. The van der Waals surface area contributed by atoms with Gasteiger partial charge in [0.05, 0.1) is 5.92 Å². The number of likely N-dealkylation sites (tertiary alicyclic amines) is 1. The molecule has 0 aromatic rings. The highest BCUT2D eigenvalue weighted by Crippen LogP contribution is 2.14. The van der Waals surface area contributed by atoms with E-state index in [0.29, 0.717) is 0 Å². The van der Waals surface area contributed by atoms with Gasteiger partial charge in [-0.2, -0.15) is 0 Å². The molecule has 0 radical (unpaired) electrons. The Morgan fingerprint density at radius 2 is 1.87 bits per heavy atom. The third-order valence-corrected chi connectivity index (χ3v) is 2.36. The van der Waals surface area contributed by atoms with E-state index in [4.69, 9.17) is 5.73 Å². The molecule has 1 unspecified atom stereocenters. The zero-order chi connectivity index (χ0) is 12.3. The van der Waals surface area contributed by atoms with Gasteiger partial charge in [-0.15, -0.1) is 0 Å². The Labute approximate surface area is 95.0 Å². The number of piperidine rings is 1. The van der Waals surface area contributed by atoms with Crippen LogP contribution in [0.5, 0.6) is 0 Å². The lowest BCUT2D eigenvalue weighted by Gasteiger charge is -2.29. The predicted molar refractivity (Wildman–Crippen MR) is 66.7 cm³/mol. The molecule has 1 saturated heterocycles. The van der Waals surface area contributed by atoms with Gasteiger partial charge in [0.25, 0.3) is 0 Å². The smallest absolute Gasteiger partial charge is 0.221 e. The van der Waals surface area contributed by atoms with Crippen LogP contribution in [0.25, 0.3) is 0 Å². The molecule has 1 rings (SSSR count). The van der Waals surface area contributed by atoms with Crippen LogP contribution in [0.4, 0.5) is 0 Å². The quantitative estimate of drug-likeness (QED) is 0.769. The van der Waals surface area contributed by atoms with E-state index in [9.17, 15) is 4.79 Å². The van der Waals surface area contributed by atoms with Crippen molar-refractivity contribution in [1.82, 2.24) is 4.90 Å². The summed E-state index contributed by atoms with van der Waals surface area (Å²) in [5.41, 5.74) is 5.22. The van der Waals surface area contributed by atoms with Crippen molar-refractivity contribution in [2.24, 2.45) is 11.7 Å². The van der Waals surface area contributed by atoms with Gasteiger partial charge in [0.2, 0.25) is 5.91 Å². The number of amides is 1. The summed E-state index contributed by atoms with van der Waals surface area (Å²) in [4.78, 5) is 13.1. The summed E-state index contributed by atoms with van der Waals surface area (Å²) in [6, 6.07) is 0. The van der Waals surface area contributed by atoms with Gasteiger partial charge in [0, 0.05) is 6.54 Å². The number of carbonyl (C=O) groups is 1. The van der Waals surface area contributed by atoms with Crippen LogP contribution < -0.4 is 5.73 Å². The molecule has 3 heteroatoms. The molecule has 3 nitrogen and oxygen atoms in total. The maximum absolute atomic E-state index is 10.8. The van der Waals surface area contributed by atoms with Crippen LogP contribution in [0.3, 0.4) is 0 Å². The largest absolute Gasteiger partial charge is 0.369 e. The number of rotatable bonds is 2. The molecule has 15 heavy (non-hydrogen) atoms. The molecular formula is C12H28N2O. The number of nitrogens with two attached hydrogens (primary N) is 1. The van der Waals surface area contributed by atoms with Crippen LogP contribution in [0.1, 0.15) is 47.5 Å².